The smallest absolute Gasteiger partial charge is 0.306 e. The van der Waals surface area contributed by atoms with Gasteiger partial charge in [-0.3, -0.25) is 4.79 Å². The minimum atomic E-state index is -1.71. The van der Waals surface area contributed by atoms with Crippen LogP contribution in [0.2, 0.25) is 0 Å². The molecule has 0 spiro atoms. The first kappa shape index (κ1) is 65.1. The summed E-state index contributed by atoms with van der Waals surface area (Å²) >= 11 is 0. The zero-order chi connectivity index (χ0) is 51.6. The van der Waals surface area contributed by atoms with Crippen molar-refractivity contribution in [2.24, 2.45) is 0 Å². The van der Waals surface area contributed by atoms with Crippen LogP contribution in [0, 0.1) is 0 Å². The van der Waals surface area contributed by atoms with Gasteiger partial charge in [0.1, 0.15) is 54.9 Å². The summed E-state index contributed by atoms with van der Waals surface area (Å²) in [5, 5.41) is 72.3. The van der Waals surface area contributed by atoms with E-state index in [0.29, 0.717) is 13.0 Å². The molecule has 0 radical (unpaired) electrons. The maximum absolute atomic E-state index is 13.1. The first-order valence-electron chi connectivity index (χ1n) is 28.2. The minimum absolute atomic E-state index is 0.0558. The molecule has 0 aromatic rings. The number of rotatable bonds is 45. The molecule has 71 heavy (non-hydrogen) atoms. The van der Waals surface area contributed by atoms with E-state index in [4.69, 9.17) is 28.4 Å². The van der Waals surface area contributed by atoms with Crippen LogP contribution in [-0.4, -0.2) is 142 Å². The Labute approximate surface area is 429 Å². The summed E-state index contributed by atoms with van der Waals surface area (Å²) in [4.78, 5) is 13.1. The molecule has 0 amide bonds. The molecule has 0 bridgehead atoms. The van der Waals surface area contributed by atoms with Crippen molar-refractivity contribution >= 4 is 5.97 Å². The first-order valence-corrected chi connectivity index (χ1v) is 28.2. The van der Waals surface area contributed by atoms with Gasteiger partial charge in [-0.05, 0) is 77.0 Å². The SMILES string of the molecule is CCCCC/C=C\C/C=C\CCCCCCCCCCCCOCC(COC1OC(COC2OC(CO)C(O)C(O)C2O)C(O)C(O)C1O)OC(=O)CCCCCCCCC/C=C\C/C=C\CCCCC. The van der Waals surface area contributed by atoms with Crippen molar-refractivity contribution in [2.75, 3.05) is 33.0 Å². The van der Waals surface area contributed by atoms with Crippen molar-refractivity contribution in [3.63, 3.8) is 0 Å². The van der Waals surface area contributed by atoms with Crippen LogP contribution in [0.25, 0.3) is 0 Å². The van der Waals surface area contributed by atoms with Crippen LogP contribution in [0.3, 0.4) is 0 Å². The molecule has 2 rings (SSSR count). The van der Waals surface area contributed by atoms with Gasteiger partial charge in [-0.25, -0.2) is 0 Å². The van der Waals surface area contributed by atoms with Crippen LogP contribution in [0.4, 0.5) is 0 Å². The van der Waals surface area contributed by atoms with Gasteiger partial charge in [-0.2, -0.15) is 0 Å². The molecule has 0 aromatic carbocycles. The quantitative estimate of drug-likeness (QED) is 0.0172. The maximum Gasteiger partial charge on any atom is 0.306 e. The average Bonchev–Trinajstić information content (AvgIpc) is 3.37. The second kappa shape index (κ2) is 44.3. The van der Waals surface area contributed by atoms with Crippen molar-refractivity contribution < 1.29 is 69.0 Å². The molecule has 2 aliphatic heterocycles. The van der Waals surface area contributed by atoms with E-state index in [1.165, 1.54) is 122 Å². The van der Waals surface area contributed by atoms with Crippen LogP contribution in [0.5, 0.6) is 0 Å². The fourth-order valence-electron chi connectivity index (χ4n) is 8.70. The second-order valence-corrected chi connectivity index (χ2v) is 19.8. The number of hydrogen-bond donors (Lipinski definition) is 7. The normalized spacial score (nSPS) is 25.6. The molecule has 0 saturated carbocycles. The lowest BCUT2D eigenvalue weighted by Gasteiger charge is -2.42. The van der Waals surface area contributed by atoms with Gasteiger partial charge in [0.2, 0.25) is 0 Å². The fourth-order valence-corrected chi connectivity index (χ4v) is 8.70. The Morgan fingerprint density at radius 1 is 0.465 bits per heavy atom. The lowest BCUT2D eigenvalue weighted by Crippen LogP contribution is -2.61. The van der Waals surface area contributed by atoms with E-state index in [1.807, 2.05) is 0 Å². The molecule has 14 heteroatoms. The molecule has 11 unspecified atom stereocenters. The summed E-state index contributed by atoms with van der Waals surface area (Å²) in [6, 6.07) is 0. The van der Waals surface area contributed by atoms with Gasteiger partial charge in [-0.15, -0.1) is 0 Å². The van der Waals surface area contributed by atoms with E-state index in [0.717, 1.165) is 57.8 Å². The van der Waals surface area contributed by atoms with Crippen LogP contribution in [-0.2, 0) is 33.2 Å². The minimum Gasteiger partial charge on any atom is -0.457 e. The molecule has 2 aliphatic rings. The number of aliphatic hydroxyl groups excluding tert-OH is 7. The topological polar surface area (TPSA) is 214 Å². The van der Waals surface area contributed by atoms with Gasteiger partial charge in [0.25, 0.3) is 0 Å². The summed E-state index contributed by atoms with van der Waals surface area (Å²) in [6.07, 6.45) is 35.9. The molecule has 7 N–H and O–H groups in total. The van der Waals surface area contributed by atoms with Crippen molar-refractivity contribution in [3.8, 4) is 0 Å². The number of allylic oxidation sites excluding steroid dienone is 8. The Morgan fingerprint density at radius 3 is 1.35 bits per heavy atom. The zero-order valence-electron chi connectivity index (χ0n) is 44.2. The van der Waals surface area contributed by atoms with E-state index >= 15 is 0 Å². The summed E-state index contributed by atoms with van der Waals surface area (Å²) in [5.74, 6) is -0.385. The van der Waals surface area contributed by atoms with Gasteiger partial charge < -0.3 is 64.2 Å². The van der Waals surface area contributed by atoms with Crippen LogP contribution in [0.15, 0.2) is 48.6 Å². The van der Waals surface area contributed by atoms with Gasteiger partial charge in [-0.1, -0.05) is 172 Å². The number of esters is 1. The third-order valence-electron chi connectivity index (χ3n) is 13.3. The molecule has 414 valence electrons. The Balaban J connectivity index is 1.73. The predicted octanol–water partition coefficient (Wildman–Crippen LogP) is 9.52. The maximum atomic E-state index is 13.1. The second-order valence-electron chi connectivity index (χ2n) is 19.8. The van der Waals surface area contributed by atoms with Crippen LogP contribution in [0.1, 0.15) is 206 Å². The fraction of sp³-hybridized carbons (Fsp3) is 0.842. The number of carbonyl (C=O) groups excluding carboxylic acids is 1. The lowest BCUT2D eigenvalue weighted by atomic mass is 9.98. The van der Waals surface area contributed by atoms with Crippen molar-refractivity contribution in [2.45, 2.75) is 274 Å². The summed E-state index contributed by atoms with van der Waals surface area (Å²) in [5.41, 5.74) is 0. The van der Waals surface area contributed by atoms with Gasteiger partial charge in [0, 0.05) is 13.0 Å². The molecular formula is C57H102O14. The molecule has 14 nitrogen and oxygen atoms in total. The Kier molecular flexibility index (Phi) is 40.6. The summed E-state index contributed by atoms with van der Waals surface area (Å²) in [7, 11) is 0. The Bertz CT molecular complexity index is 1360. The highest BCUT2D eigenvalue weighted by molar-refractivity contribution is 5.69. The predicted molar refractivity (Wildman–Crippen MR) is 279 cm³/mol. The third-order valence-corrected chi connectivity index (χ3v) is 13.3. The van der Waals surface area contributed by atoms with Crippen LogP contribution < -0.4 is 0 Å². The van der Waals surface area contributed by atoms with E-state index in [-0.39, 0.29) is 25.6 Å². The molecular weight excluding hydrogens is 909 g/mol. The van der Waals surface area contributed by atoms with Gasteiger partial charge in [0.05, 0.1) is 26.4 Å². The highest BCUT2D eigenvalue weighted by Gasteiger charge is 2.47. The molecule has 11 atom stereocenters. The zero-order valence-corrected chi connectivity index (χ0v) is 44.2. The average molecular weight is 1010 g/mol. The lowest BCUT2D eigenvalue weighted by molar-refractivity contribution is -0.332. The Morgan fingerprint density at radius 2 is 0.873 bits per heavy atom. The van der Waals surface area contributed by atoms with Crippen molar-refractivity contribution in [1.29, 1.82) is 0 Å². The molecule has 2 heterocycles. The monoisotopic (exact) mass is 1010 g/mol. The van der Waals surface area contributed by atoms with Gasteiger partial charge >= 0.3 is 5.97 Å². The standard InChI is InChI=1S/C57H102O14/c1-3-5-7-9-11-13-15-17-19-21-22-23-25-27-29-31-33-35-37-39-41-66-43-46(69-49(59)40-38-36-34-32-30-28-26-24-20-18-16-14-12-10-8-6-4-2)44-67-56-55(65)53(63)51(61)48(71-56)45-68-57-54(64)52(62)50(60)47(42-58)70-57/h11-14,17-20,46-48,50-58,60-65H,3-10,15-16,21-45H2,1-2H3/b13-11-,14-12-,19-17-,20-18-. The van der Waals surface area contributed by atoms with Gasteiger partial charge in [0.15, 0.2) is 12.6 Å². The highest BCUT2D eigenvalue weighted by Crippen LogP contribution is 2.26. The van der Waals surface area contributed by atoms with E-state index in [2.05, 4.69) is 62.5 Å². The van der Waals surface area contributed by atoms with E-state index < -0.39 is 80.7 Å². The Hall–Kier alpha value is -2.05. The first-order chi connectivity index (χ1) is 34.6. The van der Waals surface area contributed by atoms with Crippen molar-refractivity contribution in [3.05, 3.63) is 48.6 Å². The largest absolute Gasteiger partial charge is 0.457 e. The molecule has 2 saturated heterocycles. The highest BCUT2D eigenvalue weighted by atomic mass is 16.7. The van der Waals surface area contributed by atoms with E-state index in [9.17, 15) is 40.5 Å². The number of ether oxygens (including phenoxy) is 6. The number of aliphatic hydroxyl groups is 7. The number of hydrogen-bond acceptors (Lipinski definition) is 14. The summed E-state index contributed by atoms with van der Waals surface area (Å²) < 4.78 is 34.4. The van der Waals surface area contributed by atoms with Crippen molar-refractivity contribution in [1.82, 2.24) is 0 Å². The van der Waals surface area contributed by atoms with E-state index in [1.54, 1.807) is 0 Å². The van der Waals surface area contributed by atoms with Crippen LogP contribution >= 0.6 is 0 Å². The molecule has 0 aliphatic carbocycles. The number of unbranched alkanes of at least 4 members (excludes halogenated alkanes) is 23. The summed E-state index contributed by atoms with van der Waals surface area (Å²) in [6.45, 7) is 3.63. The molecule has 0 aromatic heterocycles. The molecule has 2 fully saturated rings. The number of carbonyl (C=O) groups is 1. The third kappa shape index (κ3) is 31.4.